The number of carboxylic acid groups (broad SMARTS) is 1. The molecule has 1 aromatic carbocycles. The fourth-order valence-corrected chi connectivity index (χ4v) is 3.42. The van der Waals surface area contributed by atoms with E-state index in [1.807, 2.05) is 6.92 Å². The molecule has 2 N–H and O–H groups in total. The highest BCUT2D eigenvalue weighted by Crippen LogP contribution is 2.22. The Labute approximate surface area is 125 Å². The normalized spacial score (nSPS) is 11.7. The third-order valence-corrected chi connectivity index (χ3v) is 4.83. The molecule has 0 bridgehead atoms. The van der Waals surface area contributed by atoms with E-state index in [9.17, 15) is 13.2 Å². The Balaban J connectivity index is 2.17. The second kappa shape index (κ2) is 6.06. The number of hydrogen-bond acceptors (Lipinski definition) is 5. The van der Waals surface area contributed by atoms with Crippen LogP contribution in [0.5, 0.6) is 0 Å². The lowest BCUT2D eigenvalue weighted by Gasteiger charge is -2.04. The highest BCUT2D eigenvalue weighted by atomic mass is 32.2. The first-order valence-corrected chi connectivity index (χ1v) is 8.13. The van der Waals surface area contributed by atoms with E-state index in [-0.39, 0.29) is 10.0 Å². The number of nitrogens with zero attached hydrogens (tertiary/aromatic N) is 1. The second-order valence-corrected chi connectivity index (χ2v) is 6.90. The Kier molecular flexibility index (Phi) is 4.39. The topological polar surface area (TPSA) is 96.4 Å². The number of benzene rings is 1. The first kappa shape index (κ1) is 15.2. The molecule has 21 heavy (non-hydrogen) atoms. The van der Waals surface area contributed by atoms with Crippen LogP contribution in [0.15, 0.2) is 41.4 Å². The predicted molar refractivity (Wildman–Crippen MR) is 80.8 cm³/mol. The van der Waals surface area contributed by atoms with Crippen molar-refractivity contribution < 1.29 is 18.3 Å². The van der Waals surface area contributed by atoms with Gasteiger partial charge in [0.05, 0.1) is 4.90 Å². The quantitative estimate of drug-likeness (QED) is 0.823. The molecule has 8 heteroatoms. The summed E-state index contributed by atoms with van der Waals surface area (Å²) in [4.78, 5) is 15.0. The molecule has 0 amide bonds. The molecule has 110 valence electrons. The Hall–Kier alpha value is -2.19. The van der Waals surface area contributed by atoms with Crippen molar-refractivity contribution in [1.29, 1.82) is 0 Å². The number of aryl methyl sites for hydroxylation is 1. The molecule has 0 spiro atoms. The molecule has 1 heterocycles. The van der Waals surface area contributed by atoms with Gasteiger partial charge < -0.3 is 5.11 Å². The molecule has 2 rings (SSSR count). The summed E-state index contributed by atoms with van der Waals surface area (Å²) in [6.07, 6.45) is 3.71. The van der Waals surface area contributed by atoms with E-state index in [2.05, 4.69) is 9.71 Å². The average molecular weight is 324 g/mol. The number of hydrogen-bond donors (Lipinski definition) is 2. The summed E-state index contributed by atoms with van der Waals surface area (Å²) in [5.41, 5.74) is 0.962. The zero-order valence-electron chi connectivity index (χ0n) is 11.0. The maximum absolute atomic E-state index is 12.1. The average Bonchev–Trinajstić information content (AvgIpc) is 2.84. The van der Waals surface area contributed by atoms with Crippen LogP contribution in [-0.4, -0.2) is 24.5 Å². The number of nitrogens with one attached hydrogen (secondary N) is 1. The Morgan fingerprint density at radius 3 is 2.62 bits per heavy atom. The Morgan fingerprint density at radius 1 is 1.33 bits per heavy atom. The fourth-order valence-electron chi connectivity index (χ4n) is 1.46. The van der Waals surface area contributed by atoms with Gasteiger partial charge in [0.2, 0.25) is 0 Å². The van der Waals surface area contributed by atoms with Crippen LogP contribution in [0, 0.1) is 6.92 Å². The Bertz CT molecular complexity index is 777. The smallest absolute Gasteiger partial charge is 0.328 e. The number of carboxylic acids is 1. The van der Waals surface area contributed by atoms with Gasteiger partial charge >= 0.3 is 5.97 Å². The van der Waals surface area contributed by atoms with E-state index < -0.39 is 16.0 Å². The largest absolute Gasteiger partial charge is 0.478 e. The molecule has 0 aliphatic heterocycles. The molecule has 0 fully saturated rings. The molecule has 0 aliphatic carbocycles. The monoisotopic (exact) mass is 324 g/mol. The van der Waals surface area contributed by atoms with E-state index >= 15 is 0 Å². The van der Waals surface area contributed by atoms with Gasteiger partial charge in [-0.05, 0) is 25.1 Å². The zero-order chi connectivity index (χ0) is 15.5. The first-order valence-electron chi connectivity index (χ1n) is 5.83. The van der Waals surface area contributed by atoms with E-state index in [0.717, 1.165) is 23.0 Å². The zero-order valence-corrected chi connectivity index (χ0v) is 12.6. The number of rotatable bonds is 5. The van der Waals surface area contributed by atoms with E-state index in [4.69, 9.17) is 5.11 Å². The summed E-state index contributed by atoms with van der Waals surface area (Å²) >= 11 is 1.05. The molecular weight excluding hydrogens is 312 g/mol. The van der Waals surface area contributed by atoms with Crippen molar-refractivity contribution in [2.24, 2.45) is 0 Å². The molecular formula is C13H12N2O4S2. The summed E-state index contributed by atoms with van der Waals surface area (Å²) in [6, 6.07) is 6.43. The van der Waals surface area contributed by atoms with Gasteiger partial charge in [-0.3, -0.25) is 4.72 Å². The molecule has 0 saturated heterocycles. The van der Waals surface area contributed by atoms with Crippen molar-refractivity contribution >= 4 is 38.5 Å². The lowest BCUT2D eigenvalue weighted by molar-refractivity contribution is -0.131. The number of aliphatic carboxylic acids is 1. The number of thiazole rings is 1. The Morgan fingerprint density at radius 2 is 2.00 bits per heavy atom. The van der Waals surface area contributed by atoms with Crippen LogP contribution >= 0.6 is 11.3 Å². The number of anilines is 1. The minimum atomic E-state index is -3.69. The van der Waals surface area contributed by atoms with Gasteiger partial charge in [-0.15, -0.1) is 0 Å². The lowest BCUT2D eigenvalue weighted by atomic mass is 10.2. The number of sulfonamides is 1. The van der Waals surface area contributed by atoms with Crippen LogP contribution in [0.1, 0.15) is 10.4 Å². The summed E-state index contributed by atoms with van der Waals surface area (Å²) in [5.74, 6) is -1.08. The van der Waals surface area contributed by atoms with Gasteiger partial charge in [0.1, 0.15) is 0 Å². The molecule has 2 aromatic rings. The molecule has 1 aromatic heterocycles. The van der Waals surface area contributed by atoms with Gasteiger partial charge in [-0.2, -0.15) is 0 Å². The van der Waals surface area contributed by atoms with E-state index in [1.54, 1.807) is 12.1 Å². The SMILES string of the molecule is Cc1ccc(S(=O)(=O)Nc2ncc(C=CC(=O)O)s2)cc1. The van der Waals surface area contributed by atoms with Crippen LogP contribution in [-0.2, 0) is 14.8 Å². The minimum Gasteiger partial charge on any atom is -0.478 e. The van der Waals surface area contributed by atoms with Crippen molar-refractivity contribution in [2.75, 3.05) is 4.72 Å². The van der Waals surface area contributed by atoms with Crippen LogP contribution in [0.4, 0.5) is 5.13 Å². The maximum Gasteiger partial charge on any atom is 0.328 e. The fraction of sp³-hybridized carbons (Fsp3) is 0.0769. The van der Waals surface area contributed by atoms with Gasteiger partial charge in [-0.25, -0.2) is 18.2 Å². The number of carbonyl (C=O) groups is 1. The molecule has 0 aliphatic rings. The van der Waals surface area contributed by atoms with Crippen molar-refractivity contribution in [3.8, 4) is 0 Å². The molecule has 0 unspecified atom stereocenters. The predicted octanol–water partition coefficient (Wildman–Crippen LogP) is 2.35. The third kappa shape index (κ3) is 4.14. The van der Waals surface area contributed by atoms with Crippen molar-refractivity contribution in [1.82, 2.24) is 4.98 Å². The van der Waals surface area contributed by atoms with Crippen LogP contribution in [0.25, 0.3) is 6.08 Å². The second-order valence-electron chi connectivity index (χ2n) is 4.16. The highest BCUT2D eigenvalue weighted by molar-refractivity contribution is 7.93. The van der Waals surface area contributed by atoms with Crippen molar-refractivity contribution in [3.63, 3.8) is 0 Å². The third-order valence-electron chi connectivity index (χ3n) is 2.47. The van der Waals surface area contributed by atoms with E-state index in [1.165, 1.54) is 24.4 Å². The molecule has 0 radical (unpaired) electrons. The molecule has 0 atom stereocenters. The van der Waals surface area contributed by atoms with Gasteiger partial charge in [0, 0.05) is 17.2 Å². The van der Waals surface area contributed by atoms with Gasteiger partial charge in [-0.1, -0.05) is 29.0 Å². The van der Waals surface area contributed by atoms with Crippen LogP contribution in [0.2, 0.25) is 0 Å². The maximum atomic E-state index is 12.1. The van der Waals surface area contributed by atoms with Crippen molar-refractivity contribution in [3.05, 3.63) is 47.0 Å². The summed E-state index contributed by atoms with van der Waals surface area (Å²) in [7, 11) is -3.69. The standard InChI is InChI=1S/C13H12N2O4S2/c1-9-2-5-11(6-3-9)21(18,19)15-13-14-8-10(20-13)4-7-12(16)17/h2-8H,1H3,(H,14,15)(H,16,17). The minimum absolute atomic E-state index is 0.144. The molecule has 0 saturated carbocycles. The van der Waals surface area contributed by atoms with Crippen LogP contribution < -0.4 is 4.72 Å². The summed E-state index contributed by atoms with van der Waals surface area (Å²) in [6.45, 7) is 1.87. The number of aromatic nitrogens is 1. The van der Waals surface area contributed by atoms with Gasteiger partial charge in [0.25, 0.3) is 10.0 Å². The first-order chi connectivity index (χ1) is 9.87. The lowest BCUT2D eigenvalue weighted by Crippen LogP contribution is -2.12. The van der Waals surface area contributed by atoms with Gasteiger partial charge in [0.15, 0.2) is 5.13 Å². The summed E-state index contributed by atoms with van der Waals surface area (Å²) < 4.78 is 26.6. The molecule has 6 nitrogen and oxygen atoms in total. The van der Waals surface area contributed by atoms with Crippen molar-refractivity contribution in [2.45, 2.75) is 11.8 Å². The summed E-state index contributed by atoms with van der Waals surface area (Å²) in [5, 5.41) is 8.71. The van der Waals surface area contributed by atoms with E-state index in [0.29, 0.717) is 4.88 Å². The van der Waals surface area contributed by atoms with Crippen LogP contribution in [0.3, 0.4) is 0 Å². The highest BCUT2D eigenvalue weighted by Gasteiger charge is 2.15.